The molecule has 1 aliphatic rings. The summed E-state index contributed by atoms with van der Waals surface area (Å²) in [6, 6.07) is 20.1. The molecule has 0 spiro atoms. The highest BCUT2D eigenvalue weighted by Gasteiger charge is 2.29. The van der Waals surface area contributed by atoms with Crippen molar-refractivity contribution >= 4 is 34.6 Å². The molecule has 0 fully saturated rings. The SMILES string of the molecule is CN(C)Cc1ccc(NC(=C2C(=O)Nc3cc(F)ccc32)c2cccc(CCNC(=O)OC(C)(C)C)c2)cc1. The number of hydrogen-bond donors (Lipinski definition) is 3. The standard InChI is InChI=1S/C31H35FN4O3/c1-31(2,3)39-30(38)33-16-15-20-7-6-8-22(17-20)28(34-24-12-9-21(10-13-24)19-36(4)5)27-25-14-11-23(32)18-26(25)35-29(27)37/h6-14,17-18,34H,15-16,19H2,1-5H3,(H,33,38)(H,35,37). The Bertz CT molecular complexity index is 1390. The van der Waals surface area contributed by atoms with E-state index in [-0.39, 0.29) is 5.91 Å². The molecule has 0 atom stereocenters. The first-order valence-electron chi connectivity index (χ1n) is 12.9. The van der Waals surface area contributed by atoms with E-state index in [1.165, 1.54) is 17.7 Å². The molecule has 2 amide bonds. The van der Waals surface area contributed by atoms with Crippen molar-refractivity contribution in [2.75, 3.05) is 31.3 Å². The molecule has 1 aliphatic heterocycles. The molecule has 7 nitrogen and oxygen atoms in total. The van der Waals surface area contributed by atoms with Crippen molar-refractivity contribution in [2.45, 2.75) is 39.3 Å². The van der Waals surface area contributed by atoms with E-state index in [2.05, 4.69) is 20.9 Å². The van der Waals surface area contributed by atoms with Gasteiger partial charge in [0.05, 0.1) is 17.0 Å². The van der Waals surface area contributed by atoms with Crippen LogP contribution in [0.4, 0.5) is 20.6 Å². The maximum Gasteiger partial charge on any atom is 0.407 e. The van der Waals surface area contributed by atoms with Crippen LogP contribution < -0.4 is 16.0 Å². The summed E-state index contributed by atoms with van der Waals surface area (Å²) in [5, 5.41) is 9.03. The Morgan fingerprint density at radius 2 is 1.74 bits per heavy atom. The van der Waals surface area contributed by atoms with Crippen molar-refractivity contribution in [2.24, 2.45) is 0 Å². The number of anilines is 2. The lowest BCUT2D eigenvalue weighted by Crippen LogP contribution is -2.33. The number of hydrogen-bond acceptors (Lipinski definition) is 5. The fraction of sp³-hybridized carbons (Fsp3) is 0.290. The number of rotatable bonds is 8. The molecule has 3 N–H and O–H groups in total. The zero-order valence-electron chi connectivity index (χ0n) is 23.0. The lowest BCUT2D eigenvalue weighted by Gasteiger charge is -2.19. The van der Waals surface area contributed by atoms with Crippen LogP contribution in [0.25, 0.3) is 11.3 Å². The average molecular weight is 531 g/mol. The molecule has 0 aromatic heterocycles. The normalized spacial score (nSPS) is 14.1. The Hall–Kier alpha value is -4.17. The predicted molar refractivity (Wildman–Crippen MR) is 154 cm³/mol. The van der Waals surface area contributed by atoms with E-state index in [1.54, 1.807) is 6.07 Å². The van der Waals surface area contributed by atoms with E-state index in [9.17, 15) is 14.0 Å². The lowest BCUT2D eigenvalue weighted by molar-refractivity contribution is -0.110. The van der Waals surface area contributed by atoms with E-state index in [0.717, 1.165) is 23.4 Å². The molecule has 4 rings (SSSR count). The molecule has 39 heavy (non-hydrogen) atoms. The maximum absolute atomic E-state index is 13.9. The molecule has 3 aromatic rings. The molecule has 0 radical (unpaired) electrons. The van der Waals surface area contributed by atoms with Crippen LogP contribution in [0.2, 0.25) is 0 Å². The zero-order valence-corrected chi connectivity index (χ0v) is 23.0. The third kappa shape index (κ3) is 7.45. The Balaban J connectivity index is 1.65. The summed E-state index contributed by atoms with van der Waals surface area (Å²) in [6.45, 7) is 6.67. The first kappa shape index (κ1) is 27.9. The van der Waals surface area contributed by atoms with Crippen molar-refractivity contribution in [1.29, 1.82) is 0 Å². The van der Waals surface area contributed by atoms with Crippen LogP contribution in [-0.2, 0) is 22.5 Å². The summed E-state index contributed by atoms with van der Waals surface area (Å²) in [4.78, 5) is 27.3. The summed E-state index contributed by atoms with van der Waals surface area (Å²) in [5.41, 5.74) is 5.30. The highest BCUT2D eigenvalue weighted by atomic mass is 19.1. The minimum absolute atomic E-state index is 0.306. The number of ether oxygens (including phenoxy) is 1. The van der Waals surface area contributed by atoms with E-state index >= 15 is 0 Å². The highest BCUT2D eigenvalue weighted by molar-refractivity contribution is 6.37. The number of nitrogens with zero attached hydrogens (tertiary/aromatic N) is 1. The van der Waals surface area contributed by atoms with Gasteiger partial charge in [0, 0.05) is 24.3 Å². The predicted octanol–water partition coefficient (Wildman–Crippen LogP) is 5.89. The largest absolute Gasteiger partial charge is 0.444 e. The number of carbonyl (C=O) groups excluding carboxylic acids is 2. The highest BCUT2D eigenvalue weighted by Crippen LogP contribution is 2.38. The monoisotopic (exact) mass is 530 g/mol. The molecule has 0 saturated heterocycles. The third-order valence-electron chi connectivity index (χ3n) is 6.00. The second-order valence-corrected chi connectivity index (χ2v) is 10.8. The van der Waals surface area contributed by atoms with Gasteiger partial charge in [0.1, 0.15) is 11.4 Å². The Morgan fingerprint density at radius 1 is 1.00 bits per heavy atom. The minimum atomic E-state index is -0.567. The minimum Gasteiger partial charge on any atom is -0.444 e. The number of amides is 2. The van der Waals surface area contributed by atoms with Gasteiger partial charge in [-0.05, 0) is 94.4 Å². The molecule has 8 heteroatoms. The topological polar surface area (TPSA) is 82.7 Å². The first-order valence-corrected chi connectivity index (χ1v) is 12.9. The lowest BCUT2D eigenvalue weighted by atomic mass is 9.98. The number of alkyl carbamates (subject to hydrolysis) is 1. The average Bonchev–Trinajstić information content (AvgIpc) is 3.16. The molecule has 0 aliphatic carbocycles. The van der Waals surface area contributed by atoms with E-state index in [0.29, 0.717) is 35.5 Å². The van der Waals surface area contributed by atoms with Crippen molar-refractivity contribution < 1.29 is 18.7 Å². The van der Waals surface area contributed by atoms with Crippen LogP contribution in [0.5, 0.6) is 0 Å². The molecule has 1 heterocycles. The van der Waals surface area contributed by atoms with Crippen LogP contribution in [0.3, 0.4) is 0 Å². The quantitative estimate of drug-likeness (QED) is 0.317. The number of fused-ring (bicyclic) bond motifs is 1. The van der Waals surface area contributed by atoms with Crippen molar-refractivity contribution in [3.8, 4) is 0 Å². The second kappa shape index (κ2) is 11.7. The first-order chi connectivity index (χ1) is 18.5. The molecule has 0 bridgehead atoms. The molecule has 0 saturated carbocycles. The molecule has 3 aromatic carbocycles. The van der Waals surface area contributed by atoms with Gasteiger partial charge in [0.25, 0.3) is 5.91 Å². The fourth-order valence-corrected chi connectivity index (χ4v) is 4.38. The van der Waals surface area contributed by atoms with Crippen molar-refractivity contribution in [1.82, 2.24) is 10.2 Å². The maximum atomic E-state index is 13.9. The Kier molecular flexibility index (Phi) is 8.35. The van der Waals surface area contributed by atoms with Gasteiger partial charge in [0.15, 0.2) is 0 Å². The van der Waals surface area contributed by atoms with Gasteiger partial charge in [-0.3, -0.25) is 4.79 Å². The van der Waals surface area contributed by atoms with E-state index < -0.39 is 17.5 Å². The van der Waals surface area contributed by atoms with Crippen LogP contribution in [0.1, 0.15) is 43.0 Å². The molecule has 0 unspecified atom stereocenters. The fourth-order valence-electron chi connectivity index (χ4n) is 4.38. The van der Waals surface area contributed by atoms with Gasteiger partial charge in [-0.25, -0.2) is 9.18 Å². The van der Waals surface area contributed by atoms with Crippen LogP contribution in [0, 0.1) is 5.82 Å². The summed E-state index contributed by atoms with van der Waals surface area (Å²) in [5.74, 6) is -0.722. The summed E-state index contributed by atoms with van der Waals surface area (Å²) in [6.07, 6.45) is 0.107. The van der Waals surface area contributed by atoms with Crippen molar-refractivity contribution in [3.05, 3.63) is 94.8 Å². The van der Waals surface area contributed by atoms with Gasteiger partial charge >= 0.3 is 6.09 Å². The van der Waals surface area contributed by atoms with Crippen LogP contribution >= 0.6 is 0 Å². The van der Waals surface area contributed by atoms with Gasteiger partial charge in [-0.1, -0.05) is 30.3 Å². The number of nitrogens with one attached hydrogen (secondary N) is 3. The van der Waals surface area contributed by atoms with E-state index in [4.69, 9.17) is 4.74 Å². The Labute approximate surface area is 229 Å². The number of benzene rings is 3. The molecular weight excluding hydrogens is 495 g/mol. The summed E-state index contributed by atoms with van der Waals surface area (Å²) in [7, 11) is 4.04. The van der Waals surface area contributed by atoms with Crippen LogP contribution in [0.15, 0.2) is 66.7 Å². The zero-order chi connectivity index (χ0) is 28.2. The summed E-state index contributed by atoms with van der Waals surface area (Å²) >= 11 is 0. The Morgan fingerprint density at radius 3 is 2.44 bits per heavy atom. The van der Waals surface area contributed by atoms with Gasteiger partial charge < -0.3 is 25.6 Å². The smallest absolute Gasteiger partial charge is 0.407 e. The van der Waals surface area contributed by atoms with Gasteiger partial charge in [-0.2, -0.15) is 0 Å². The summed E-state index contributed by atoms with van der Waals surface area (Å²) < 4.78 is 19.2. The van der Waals surface area contributed by atoms with Gasteiger partial charge in [0.2, 0.25) is 0 Å². The molecule has 204 valence electrons. The van der Waals surface area contributed by atoms with Crippen molar-refractivity contribution in [3.63, 3.8) is 0 Å². The van der Waals surface area contributed by atoms with Crippen LogP contribution in [-0.4, -0.2) is 43.1 Å². The number of carbonyl (C=O) groups is 2. The molecular formula is C31H35FN4O3. The second-order valence-electron chi connectivity index (χ2n) is 10.8. The number of halogens is 1. The van der Waals surface area contributed by atoms with Gasteiger partial charge in [-0.15, -0.1) is 0 Å². The third-order valence-corrected chi connectivity index (χ3v) is 6.00. The van der Waals surface area contributed by atoms with E-state index in [1.807, 2.05) is 83.4 Å².